The third-order valence-corrected chi connectivity index (χ3v) is 3.82. The largest absolute Gasteiger partial charge is 0.243 e. The van der Waals surface area contributed by atoms with Crippen LogP contribution in [0.25, 0.3) is 0 Å². The molecule has 0 bridgehead atoms. The Morgan fingerprint density at radius 1 is 1.32 bits per heavy atom. The molecule has 2 aromatic rings. The minimum absolute atomic E-state index is 0.468. The molecule has 0 amide bonds. The van der Waals surface area contributed by atoms with Crippen LogP contribution in [0.4, 0.5) is 0 Å². The van der Waals surface area contributed by atoms with E-state index < -0.39 is 0 Å². The van der Waals surface area contributed by atoms with E-state index in [-0.39, 0.29) is 0 Å². The Balaban J connectivity index is 1.90. The third kappa shape index (κ3) is 2.24. The molecule has 4 heteroatoms. The molecule has 1 aliphatic carbocycles. The Hall–Kier alpha value is -2.15. The van der Waals surface area contributed by atoms with E-state index in [1.165, 1.54) is 17.5 Å². The van der Waals surface area contributed by atoms with E-state index in [1.807, 2.05) is 4.68 Å². The summed E-state index contributed by atoms with van der Waals surface area (Å²) >= 11 is 0. The number of aryl methyl sites for hydroxylation is 1. The number of nitrogens with zero attached hydrogens (tertiary/aromatic N) is 4. The number of hydrogen-bond donors (Lipinski definition) is 0. The highest BCUT2D eigenvalue weighted by Crippen LogP contribution is 2.37. The first-order valence-corrected chi connectivity index (χ1v) is 6.67. The summed E-state index contributed by atoms with van der Waals surface area (Å²) in [4.78, 5) is 0. The van der Waals surface area contributed by atoms with Crippen molar-refractivity contribution in [1.29, 1.82) is 5.26 Å². The van der Waals surface area contributed by atoms with Gasteiger partial charge in [0.15, 0.2) is 5.69 Å². The van der Waals surface area contributed by atoms with Gasteiger partial charge in [-0.3, -0.25) is 0 Å². The first kappa shape index (κ1) is 11.9. The number of benzene rings is 1. The number of aromatic nitrogens is 3. The average molecular weight is 252 g/mol. The van der Waals surface area contributed by atoms with Crippen molar-refractivity contribution in [3.63, 3.8) is 0 Å². The molecule has 0 spiro atoms. The van der Waals surface area contributed by atoms with Gasteiger partial charge in [-0.25, -0.2) is 4.68 Å². The Bertz CT molecular complexity index is 615. The smallest absolute Gasteiger partial charge is 0.186 e. The van der Waals surface area contributed by atoms with Gasteiger partial charge in [-0.2, -0.15) is 5.26 Å². The fraction of sp³-hybridized carbons (Fsp3) is 0.400. The molecule has 0 N–H and O–H groups in total. The van der Waals surface area contributed by atoms with Crippen LogP contribution >= 0.6 is 0 Å². The fourth-order valence-electron chi connectivity index (χ4n) is 2.47. The molecule has 96 valence electrons. The van der Waals surface area contributed by atoms with E-state index in [1.54, 1.807) is 0 Å². The van der Waals surface area contributed by atoms with Gasteiger partial charge in [-0.1, -0.05) is 41.5 Å². The van der Waals surface area contributed by atoms with E-state index in [0.29, 0.717) is 18.2 Å². The van der Waals surface area contributed by atoms with Gasteiger partial charge >= 0.3 is 0 Å². The zero-order chi connectivity index (χ0) is 13.2. The Labute approximate surface area is 112 Å². The van der Waals surface area contributed by atoms with Crippen molar-refractivity contribution in [2.75, 3.05) is 0 Å². The molecule has 1 fully saturated rings. The predicted octanol–water partition coefficient (Wildman–Crippen LogP) is 2.77. The summed E-state index contributed by atoms with van der Waals surface area (Å²) in [5.41, 5.74) is 3.96. The quantitative estimate of drug-likeness (QED) is 0.844. The summed E-state index contributed by atoms with van der Waals surface area (Å²) in [5.74, 6) is 0.468. The number of nitriles is 1. The molecule has 1 aliphatic rings. The minimum atomic E-state index is 0.468. The highest BCUT2D eigenvalue weighted by molar-refractivity contribution is 5.30. The van der Waals surface area contributed by atoms with Crippen LogP contribution in [0.3, 0.4) is 0 Å². The van der Waals surface area contributed by atoms with E-state index in [2.05, 4.69) is 47.6 Å². The standard InChI is InChI=1S/C15H16N4/c1-11-5-7-12(8-6-11)10-19-15(13-3-2-4-13)14(9-16)17-18-19/h5-8,13H,2-4,10H2,1H3. The molecule has 1 heterocycles. The second kappa shape index (κ2) is 4.85. The van der Waals surface area contributed by atoms with Crippen LogP contribution in [0.15, 0.2) is 24.3 Å². The fourth-order valence-corrected chi connectivity index (χ4v) is 2.47. The van der Waals surface area contributed by atoms with Gasteiger partial charge in [0.2, 0.25) is 0 Å². The van der Waals surface area contributed by atoms with Crippen LogP contribution in [0, 0.1) is 18.3 Å². The van der Waals surface area contributed by atoms with Gasteiger partial charge in [0.25, 0.3) is 0 Å². The average Bonchev–Trinajstić information content (AvgIpc) is 2.73. The van der Waals surface area contributed by atoms with Crippen molar-refractivity contribution < 1.29 is 0 Å². The molecule has 1 aromatic heterocycles. The molecule has 3 rings (SSSR count). The van der Waals surface area contributed by atoms with Crippen molar-refractivity contribution in [3.8, 4) is 6.07 Å². The molecule has 0 saturated heterocycles. The van der Waals surface area contributed by atoms with E-state index >= 15 is 0 Å². The topological polar surface area (TPSA) is 54.5 Å². The first-order chi connectivity index (χ1) is 9.28. The molecular weight excluding hydrogens is 236 g/mol. The molecule has 4 nitrogen and oxygen atoms in total. The Morgan fingerprint density at radius 2 is 2.05 bits per heavy atom. The zero-order valence-corrected chi connectivity index (χ0v) is 11.0. The summed E-state index contributed by atoms with van der Waals surface area (Å²) in [6.07, 6.45) is 3.54. The first-order valence-electron chi connectivity index (χ1n) is 6.67. The zero-order valence-electron chi connectivity index (χ0n) is 11.0. The maximum atomic E-state index is 9.14. The van der Waals surface area contributed by atoms with Crippen LogP contribution < -0.4 is 0 Å². The minimum Gasteiger partial charge on any atom is -0.243 e. The van der Waals surface area contributed by atoms with E-state index in [0.717, 1.165) is 18.5 Å². The molecule has 19 heavy (non-hydrogen) atoms. The van der Waals surface area contributed by atoms with Crippen LogP contribution in [-0.2, 0) is 6.54 Å². The summed E-state index contributed by atoms with van der Waals surface area (Å²) in [6, 6.07) is 10.6. The van der Waals surface area contributed by atoms with Crippen molar-refractivity contribution in [2.45, 2.75) is 38.6 Å². The summed E-state index contributed by atoms with van der Waals surface area (Å²) in [5, 5.41) is 17.3. The highest BCUT2D eigenvalue weighted by Gasteiger charge is 2.27. The lowest BCUT2D eigenvalue weighted by Gasteiger charge is -2.25. The summed E-state index contributed by atoms with van der Waals surface area (Å²) < 4.78 is 1.90. The second-order valence-corrected chi connectivity index (χ2v) is 5.21. The molecule has 0 radical (unpaired) electrons. The van der Waals surface area contributed by atoms with Crippen molar-refractivity contribution >= 4 is 0 Å². The normalized spacial score (nSPS) is 14.9. The predicted molar refractivity (Wildman–Crippen MR) is 71.6 cm³/mol. The third-order valence-electron chi connectivity index (χ3n) is 3.82. The van der Waals surface area contributed by atoms with Gasteiger partial charge in [0.1, 0.15) is 6.07 Å². The van der Waals surface area contributed by atoms with Crippen LogP contribution in [-0.4, -0.2) is 15.0 Å². The summed E-state index contributed by atoms with van der Waals surface area (Å²) in [6.45, 7) is 2.77. The molecule has 1 aromatic carbocycles. The van der Waals surface area contributed by atoms with Crippen molar-refractivity contribution in [3.05, 3.63) is 46.8 Å². The van der Waals surface area contributed by atoms with Crippen LogP contribution in [0.5, 0.6) is 0 Å². The van der Waals surface area contributed by atoms with Crippen LogP contribution in [0.2, 0.25) is 0 Å². The van der Waals surface area contributed by atoms with Gasteiger partial charge in [0.05, 0.1) is 12.2 Å². The second-order valence-electron chi connectivity index (χ2n) is 5.21. The molecule has 1 saturated carbocycles. The van der Waals surface area contributed by atoms with E-state index in [9.17, 15) is 0 Å². The number of rotatable bonds is 3. The highest BCUT2D eigenvalue weighted by atomic mass is 15.4. The lowest BCUT2D eigenvalue weighted by Crippen LogP contribution is -2.16. The van der Waals surface area contributed by atoms with Crippen molar-refractivity contribution in [2.24, 2.45) is 0 Å². The Kier molecular flexibility index (Phi) is 3.04. The molecule has 0 unspecified atom stereocenters. The van der Waals surface area contributed by atoms with Gasteiger partial charge < -0.3 is 0 Å². The monoisotopic (exact) mass is 252 g/mol. The Morgan fingerprint density at radius 3 is 2.63 bits per heavy atom. The molecule has 0 atom stereocenters. The lowest BCUT2D eigenvalue weighted by molar-refractivity contribution is 0.391. The lowest BCUT2D eigenvalue weighted by atomic mass is 9.82. The molecule has 0 aliphatic heterocycles. The maximum absolute atomic E-state index is 9.14. The van der Waals surface area contributed by atoms with Crippen molar-refractivity contribution in [1.82, 2.24) is 15.0 Å². The van der Waals surface area contributed by atoms with Gasteiger partial charge in [0, 0.05) is 5.92 Å². The van der Waals surface area contributed by atoms with Crippen LogP contribution in [0.1, 0.15) is 47.7 Å². The maximum Gasteiger partial charge on any atom is 0.186 e. The van der Waals surface area contributed by atoms with Gasteiger partial charge in [-0.15, -0.1) is 5.10 Å². The molecular formula is C15H16N4. The van der Waals surface area contributed by atoms with Gasteiger partial charge in [-0.05, 0) is 25.3 Å². The van der Waals surface area contributed by atoms with E-state index in [4.69, 9.17) is 5.26 Å². The number of hydrogen-bond acceptors (Lipinski definition) is 3. The SMILES string of the molecule is Cc1ccc(Cn2nnc(C#N)c2C2CCC2)cc1. The summed E-state index contributed by atoms with van der Waals surface area (Å²) in [7, 11) is 0.